The zero-order valence-corrected chi connectivity index (χ0v) is 10.3. The Hall–Kier alpha value is -1.07. The smallest absolute Gasteiger partial charge is 0.146 e. The van der Waals surface area contributed by atoms with E-state index < -0.39 is 0 Å². The number of pyridine rings is 1. The summed E-state index contributed by atoms with van der Waals surface area (Å²) in [5.41, 5.74) is 1.01. The molecule has 0 unspecified atom stereocenters. The van der Waals surface area contributed by atoms with Crippen LogP contribution < -0.4 is 10.1 Å². The summed E-state index contributed by atoms with van der Waals surface area (Å²) in [6.45, 7) is 1.96. The normalized spacial score (nSPS) is 20.4. The van der Waals surface area contributed by atoms with E-state index in [1.54, 1.807) is 6.33 Å². The summed E-state index contributed by atoms with van der Waals surface area (Å²) >= 11 is 3.47. The Balaban J connectivity index is 1.97. The fraction of sp³-hybridized carbons (Fsp3) is 0.364. The maximum atomic E-state index is 5.97. The van der Waals surface area contributed by atoms with Crippen molar-refractivity contribution in [1.29, 1.82) is 0 Å². The van der Waals surface area contributed by atoms with E-state index in [4.69, 9.17) is 4.74 Å². The van der Waals surface area contributed by atoms with Crippen LogP contribution in [0.2, 0.25) is 0 Å². The van der Waals surface area contributed by atoms with Gasteiger partial charge in [0.1, 0.15) is 17.4 Å². The molecule has 1 N–H and O–H groups in total. The molecule has 4 nitrogen and oxygen atoms in total. The average Bonchev–Trinajstić information content (AvgIpc) is 2.87. The molecule has 1 saturated heterocycles. The fourth-order valence-electron chi connectivity index (χ4n) is 1.97. The maximum Gasteiger partial charge on any atom is 0.146 e. The van der Waals surface area contributed by atoms with Gasteiger partial charge < -0.3 is 14.5 Å². The van der Waals surface area contributed by atoms with E-state index in [2.05, 4.69) is 26.2 Å². The molecule has 1 atom stereocenters. The fourth-order valence-corrected chi connectivity index (χ4v) is 2.40. The van der Waals surface area contributed by atoms with Gasteiger partial charge in [-0.05, 0) is 35.0 Å². The van der Waals surface area contributed by atoms with Crippen molar-refractivity contribution in [3.63, 3.8) is 0 Å². The number of hydrogen-bond donors (Lipinski definition) is 1. The third kappa shape index (κ3) is 1.81. The first-order chi connectivity index (χ1) is 7.83. The average molecular weight is 282 g/mol. The van der Waals surface area contributed by atoms with Crippen LogP contribution in [0.3, 0.4) is 0 Å². The summed E-state index contributed by atoms with van der Waals surface area (Å²) in [6.07, 6.45) is 6.91. The maximum absolute atomic E-state index is 5.97. The van der Waals surface area contributed by atoms with Gasteiger partial charge in [-0.15, -0.1) is 0 Å². The summed E-state index contributed by atoms with van der Waals surface area (Å²) in [5.74, 6) is 0.889. The molecule has 2 aromatic heterocycles. The summed E-state index contributed by atoms with van der Waals surface area (Å²) in [5, 5.41) is 3.29. The van der Waals surface area contributed by atoms with E-state index in [1.807, 2.05) is 22.9 Å². The minimum absolute atomic E-state index is 0.271. The van der Waals surface area contributed by atoms with Crippen LogP contribution in [0.5, 0.6) is 5.75 Å². The number of fused-ring (bicyclic) bond motifs is 1. The minimum Gasteiger partial charge on any atom is -0.487 e. The van der Waals surface area contributed by atoms with E-state index in [9.17, 15) is 0 Å². The van der Waals surface area contributed by atoms with Crippen LogP contribution in [0.15, 0.2) is 29.3 Å². The van der Waals surface area contributed by atoms with Crippen molar-refractivity contribution < 1.29 is 4.74 Å². The summed E-state index contributed by atoms with van der Waals surface area (Å²) in [4.78, 5) is 4.12. The van der Waals surface area contributed by atoms with Gasteiger partial charge in [0.15, 0.2) is 0 Å². The van der Waals surface area contributed by atoms with Crippen molar-refractivity contribution in [3.8, 4) is 5.75 Å². The second-order valence-electron chi connectivity index (χ2n) is 3.94. The van der Waals surface area contributed by atoms with Gasteiger partial charge in [-0.2, -0.15) is 0 Å². The third-order valence-electron chi connectivity index (χ3n) is 2.76. The van der Waals surface area contributed by atoms with Crippen molar-refractivity contribution >= 4 is 21.4 Å². The highest BCUT2D eigenvalue weighted by molar-refractivity contribution is 9.10. The number of nitrogens with zero attached hydrogens (tertiary/aromatic N) is 2. The number of hydrogen-bond acceptors (Lipinski definition) is 3. The number of rotatable bonds is 2. The highest BCUT2D eigenvalue weighted by Gasteiger charge is 2.17. The van der Waals surface area contributed by atoms with Crippen LogP contribution >= 0.6 is 15.9 Å². The van der Waals surface area contributed by atoms with Crippen LogP contribution in [-0.4, -0.2) is 28.6 Å². The Morgan fingerprint density at radius 1 is 1.56 bits per heavy atom. The monoisotopic (exact) mass is 281 g/mol. The van der Waals surface area contributed by atoms with Crippen LogP contribution in [0.1, 0.15) is 6.42 Å². The van der Waals surface area contributed by atoms with Gasteiger partial charge in [0.25, 0.3) is 0 Å². The molecule has 0 amide bonds. The first kappa shape index (κ1) is 10.1. The van der Waals surface area contributed by atoms with Crippen LogP contribution in [0.25, 0.3) is 5.52 Å². The van der Waals surface area contributed by atoms with Gasteiger partial charge in [-0.25, -0.2) is 4.98 Å². The standard InChI is InChI=1S/C11H12BrN3O/c12-8-3-11(16-9-1-2-13-4-9)10-5-14-7-15(10)6-8/h3,5-7,9,13H,1-2,4H2/t9-/m0/s1. The molecule has 0 bridgehead atoms. The molecule has 3 rings (SSSR count). The summed E-state index contributed by atoms with van der Waals surface area (Å²) in [7, 11) is 0. The van der Waals surface area contributed by atoms with Crippen molar-refractivity contribution in [2.75, 3.05) is 13.1 Å². The van der Waals surface area contributed by atoms with Crippen LogP contribution in [0, 0.1) is 0 Å². The molecule has 1 aliphatic rings. The van der Waals surface area contributed by atoms with Gasteiger partial charge in [-0.1, -0.05) is 0 Å². The molecule has 0 aliphatic carbocycles. The molecule has 0 spiro atoms. The van der Waals surface area contributed by atoms with E-state index in [0.29, 0.717) is 0 Å². The van der Waals surface area contributed by atoms with Crippen LogP contribution in [0.4, 0.5) is 0 Å². The van der Waals surface area contributed by atoms with Crippen molar-refractivity contribution in [3.05, 3.63) is 29.3 Å². The van der Waals surface area contributed by atoms with Gasteiger partial charge in [0, 0.05) is 17.2 Å². The molecule has 2 aromatic rings. The number of aromatic nitrogens is 2. The molecule has 0 radical (unpaired) electrons. The summed E-state index contributed by atoms with van der Waals surface area (Å²) < 4.78 is 8.93. The molecule has 84 valence electrons. The van der Waals surface area contributed by atoms with Crippen molar-refractivity contribution in [1.82, 2.24) is 14.7 Å². The number of halogens is 1. The molecule has 0 saturated carbocycles. The Bertz CT molecular complexity index is 505. The number of imidazole rings is 1. The molecule has 3 heterocycles. The zero-order chi connectivity index (χ0) is 11.0. The van der Waals surface area contributed by atoms with E-state index in [-0.39, 0.29) is 6.10 Å². The van der Waals surface area contributed by atoms with Gasteiger partial charge in [0.2, 0.25) is 0 Å². The Kier molecular flexibility index (Phi) is 2.57. The molecule has 1 fully saturated rings. The van der Waals surface area contributed by atoms with Gasteiger partial charge in [-0.3, -0.25) is 0 Å². The quantitative estimate of drug-likeness (QED) is 0.913. The number of ether oxygens (including phenoxy) is 1. The van der Waals surface area contributed by atoms with Gasteiger partial charge in [0.05, 0.1) is 12.5 Å². The lowest BCUT2D eigenvalue weighted by Crippen LogP contribution is -2.19. The van der Waals surface area contributed by atoms with Crippen LogP contribution in [-0.2, 0) is 0 Å². The second-order valence-corrected chi connectivity index (χ2v) is 4.86. The summed E-state index contributed by atoms with van der Waals surface area (Å²) in [6, 6.07) is 2.00. The second kappa shape index (κ2) is 4.07. The number of nitrogens with one attached hydrogen (secondary N) is 1. The molecule has 5 heteroatoms. The molecule has 0 aromatic carbocycles. The van der Waals surface area contributed by atoms with E-state index in [1.165, 1.54) is 0 Å². The molecule has 1 aliphatic heterocycles. The van der Waals surface area contributed by atoms with E-state index >= 15 is 0 Å². The third-order valence-corrected chi connectivity index (χ3v) is 3.19. The Morgan fingerprint density at radius 3 is 3.31 bits per heavy atom. The van der Waals surface area contributed by atoms with Crippen molar-refractivity contribution in [2.24, 2.45) is 0 Å². The minimum atomic E-state index is 0.271. The lowest BCUT2D eigenvalue weighted by molar-refractivity contribution is 0.225. The topological polar surface area (TPSA) is 38.6 Å². The molecule has 16 heavy (non-hydrogen) atoms. The predicted molar refractivity (Wildman–Crippen MR) is 64.8 cm³/mol. The Labute approximate surface area is 102 Å². The molecular weight excluding hydrogens is 270 g/mol. The highest BCUT2D eigenvalue weighted by atomic mass is 79.9. The van der Waals surface area contributed by atoms with Crippen molar-refractivity contribution in [2.45, 2.75) is 12.5 Å². The highest BCUT2D eigenvalue weighted by Crippen LogP contribution is 2.26. The largest absolute Gasteiger partial charge is 0.487 e. The van der Waals surface area contributed by atoms with E-state index in [0.717, 1.165) is 35.2 Å². The zero-order valence-electron chi connectivity index (χ0n) is 8.69. The Morgan fingerprint density at radius 2 is 2.50 bits per heavy atom. The lowest BCUT2D eigenvalue weighted by Gasteiger charge is -2.13. The predicted octanol–water partition coefficient (Wildman–Crippen LogP) is 1.84. The molecular formula is C11H12BrN3O. The first-order valence-corrected chi connectivity index (χ1v) is 6.11. The first-order valence-electron chi connectivity index (χ1n) is 5.31. The SMILES string of the molecule is Brc1cc(O[C@H]2CCNC2)c2cncn2c1. The lowest BCUT2D eigenvalue weighted by atomic mass is 10.3. The van der Waals surface area contributed by atoms with Gasteiger partial charge >= 0.3 is 0 Å².